The molecule has 1 aromatic rings. The summed E-state index contributed by atoms with van der Waals surface area (Å²) in [5, 5.41) is 12.5. The monoisotopic (exact) mass is 260 g/mol. The van der Waals surface area contributed by atoms with Crippen molar-refractivity contribution in [2.24, 2.45) is 11.8 Å². The summed E-state index contributed by atoms with van der Waals surface area (Å²) in [7, 11) is 0. The second kappa shape index (κ2) is 6.06. The van der Waals surface area contributed by atoms with Gasteiger partial charge < -0.3 is 5.32 Å². The normalized spacial score (nSPS) is 24.5. The highest BCUT2D eigenvalue weighted by Crippen LogP contribution is 2.31. The second-order valence-electron chi connectivity index (χ2n) is 5.79. The minimum absolute atomic E-state index is 0.214. The van der Waals surface area contributed by atoms with E-state index in [-0.39, 0.29) is 11.9 Å². The molecule has 1 unspecified atom stereocenters. The number of nitrogens with one attached hydrogen (secondary N) is 1. The molecule has 0 radical (unpaired) electrons. The third kappa shape index (κ3) is 3.70. The molecule has 1 aromatic carbocycles. The van der Waals surface area contributed by atoms with Gasteiger partial charge in [-0.05, 0) is 55.4 Å². The van der Waals surface area contributed by atoms with Gasteiger partial charge in [-0.3, -0.25) is 0 Å². The van der Waals surface area contributed by atoms with E-state index in [1.165, 1.54) is 25.0 Å². The fraction of sp³-hybridized carbons (Fsp3) is 0.562. The highest BCUT2D eigenvalue weighted by molar-refractivity contribution is 5.48. The van der Waals surface area contributed by atoms with Gasteiger partial charge in [-0.15, -0.1) is 0 Å². The topological polar surface area (TPSA) is 35.8 Å². The smallest absolute Gasteiger partial charge is 0.125 e. The van der Waals surface area contributed by atoms with Crippen molar-refractivity contribution in [3.05, 3.63) is 29.6 Å². The Hall–Kier alpha value is -1.56. The molecule has 1 atom stereocenters. The lowest BCUT2D eigenvalue weighted by Crippen LogP contribution is -2.30. The van der Waals surface area contributed by atoms with Crippen LogP contribution in [0.3, 0.4) is 0 Å². The fourth-order valence-corrected chi connectivity index (χ4v) is 2.87. The Labute approximate surface area is 114 Å². The summed E-state index contributed by atoms with van der Waals surface area (Å²) in [5.41, 5.74) is 1.58. The molecule has 0 spiro atoms. The van der Waals surface area contributed by atoms with Crippen LogP contribution in [0.2, 0.25) is 0 Å². The molecule has 1 saturated carbocycles. The Bertz CT molecular complexity index is 450. The number of halogens is 1. The zero-order valence-corrected chi connectivity index (χ0v) is 11.6. The molecule has 0 aliphatic heterocycles. The van der Waals surface area contributed by atoms with Gasteiger partial charge >= 0.3 is 0 Å². The first kappa shape index (κ1) is 13.9. The van der Waals surface area contributed by atoms with Crippen LogP contribution in [0.5, 0.6) is 0 Å². The Kier molecular flexibility index (Phi) is 4.42. The van der Waals surface area contributed by atoms with Crippen LogP contribution in [0.1, 0.15) is 38.2 Å². The van der Waals surface area contributed by atoms with Gasteiger partial charge in [0.2, 0.25) is 0 Å². The van der Waals surface area contributed by atoms with Crippen molar-refractivity contribution in [3.8, 4) is 6.07 Å². The lowest BCUT2D eigenvalue weighted by atomic mass is 9.79. The van der Waals surface area contributed by atoms with Crippen molar-refractivity contribution in [2.75, 3.05) is 5.32 Å². The average Bonchev–Trinajstić information content (AvgIpc) is 2.36. The summed E-state index contributed by atoms with van der Waals surface area (Å²) in [6.45, 7) is 4.12. The summed E-state index contributed by atoms with van der Waals surface area (Å²) in [6, 6.07) is 6.97. The number of hydrogen-bond acceptors (Lipinski definition) is 2. The third-order valence-corrected chi connectivity index (χ3v) is 4.04. The van der Waals surface area contributed by atoms with Gasteiger partial charge in [-0.1, -0.05) is 19.8 Å². The van der Waals surface area contributed by atoms with Gasteiger partial charge in [-0.2, -0.15) is 5.26 Å². The molecule has 1 N–H and O–H groups in total. The molecule has 2 rings (SSSR count). The maximum Gasteiger partial charge on any atom is 0.125 e. The lowest BCUT2D eigenvalue weighted by molar-refractivity contribution is 0.282. The SMILES string of the molecule is Cc1cc(F)cc(NC(C#N)C2CCC(C)CC2)c1. The number of aryl methyl sites for hydroxylation is 1. The number of benzene rings is 1. The van der Waals surface area contributed by atoms with Crippen molar-refractivity contribution in [1.29, 1.82) is 5.26 Å². The number of nitrogens with zero attached hydrogens (tertiary/aromatic N) is 1. The van der Waals surface area contributed by atoms with Gasteiger partial charge in [-0.25, -0.2) is 4.39 Å². The van der Waals surface area contributed by atoms with Crippen LogP contribution in [-0.2, 0) is 0 Å². The van der Waals surface area contributed by atoms with E-state index < -0.39 is 0 Å². The summed E-state index contributed by atoms with van der Waals surface area (Å²) in [4.78, 5) is 0. The molecule has 1 aliphatic rings. The number of nitriles is 1. The molecule has 1 aliphatic carbocycles. The first-order chi connectivity index (χ1) is 9.08. The molecule has 0 amide bonds. The predicted octanol–water partition coefficient (Wildman–Crippen LogP) is 4.26. The number of hydrogen-bond donors (Lipinski definition) is 1. The highest BCUT2D eigenvalue weighted by atomic mass is 19.1. The minimum Gasteiger partial charge on any atom is -0.370 e. The zero-order chi connectivity index (χ0) is 13.8. The van der Waals surface area contributed by atoms with Crippen molar-refractivity contribution < 1.29 is 4.39 Å². The fourth-order valence-electron chi connectivity index (χ4n) is 2.87. The highest BCUT2D eigenvalue weighted by Gasteiger charge is 2.26. The van der Waals surface area contributed by atoms with Crippen LogP contribution in [-0.4, -0.2) is 6.04 Å². The quantitative estimate of drug-likeness (QED) is 0.881. The van der Waals surface area contributed by atoms with Gasteiger partial charge in [0.05, 0.1) is 6.07 Å². The Morgan fingerprint density at radius 2 is 1.95 bits per heavy atom. The predicted molar refractivity (Wildman–Crippen MR) is 75.3 cm³/mol. The molecule has 0 aromatic heterocycles. The zero-order valence-electron chi connectivity index (χ0n) is 11.6. The van der Waals surface area contributed by atoms with E-state index in [4.69, 9.17) is 0 Å². The Morgan fingerprint density at radius 1 is 1.26 bits per heavy atom. The van der Waals surface area contributed by atoms with E-state index in [9.17, 15) is 9.65 Å². The second-order valence-corrected chi connectivity index (χ2v) is 5.79. The molecule has 0 heterocycles. The van der Waals surface area contributed by atoms with Gasteiger partial charge in [0.15, 0.2) is 0 Å². The largest absolute Gasteiger partial charge is 0.370 e. The molecule has 3 heteroatoms. The van der Waals surface area contributed by atoms with E-state index in [2.05, 4.69) is 18.3 Å². The van der Waals surface area contributed by atoms with Crippen LogP contribution < -0.4 is 5.32 Å². The van der Waals surface area contributed by atoms with E-state index >= 15 is 0 Å². The molecular weight excluding hydrogens is 239 g/mol. The Balaban J connectivity index is 2.05. The summed E-state index contributed by atoms with van der Waals surface area (Å²) in [5.74, 6) is 0.897. The maximum atomic E-state index is 13.4. The summed E-state index contributed by atoms with van der Waals surface area (Å²) >= 11 is 0. The van der Waals surface area contributed by atoms with Crippen LogP contribution >= 0.6 is 0 Å². The molecule has 0 saturated heterocycles. The van der Waals surface area contributed by atoms with Crippen LogP contribution in [0.4, 0.5) is 10.1 Å². The van der Waals surface area contributed by atoms with Gasteiger partial charge in [0, 0.05) is 5.69 Å². The molecule has 1 fully saturated rings. The molecule has 2 nitrogen and oxygen atoms in total. The van der Waals surface area contributed by atoms with E-state index in [1.807, 2.05) is 13.0 Å². The van der Waals surface area contributed by atoms with Crippen molar-refractivity contribution in [3.63, 3.8) is 0 Å². The average molecular weight is 260 g/mol. The third-order valence-electron chi connectivity index (χ3n) is 4.04. The molecule has 0 bridgehead atoms. The molecule has 19 heavy (non-hydrogen) atoms. The number of anilines is 1. The Morgan fingerprint density at radius 3 is 2.53 bits per heavy atom. The van der Waals surface area contributed by atoms with Crippen molar-refractivity contribution in [1.82, 2.24) is 0 Å². The standard InChI is InChI=1S/C16H21FN2/c1-11-3-5-13(6-4-11)16(10-18)19-15-8-12(2)7-14(17)9-15/h7-9,11,13,16,19H,3-6H2,1-2H3. The van der Waals surface area contributed by atoms with E-state index in [0.717, 1.165) is 24.3 Å². The summed E-state index contributed by atoms with van der Waals surface area (Å²) in [6.07, 6.45) is 4.54. The van der Waals surface area contributed by atoms with Gasteiger partial charge in [0.25, 0.3) is 0 Å². The first-order valence-corrected chi connectivity index (χ1v) is 7.02. The number of rotatable bonds is 3. The van der Waals surface area contributed by atoms with Crippen molar-refractivity contribution in [2.45, 2.75) is 45.6 Å². The summed E-state index contributed by atoms with van der Waals surface area (Å²) < 4.78 is 13.4. The van der Waals surface area contributed by atoms with E-state index in [0.29, 0.717) is 11.6 Å². The van der Waals surface area contributed by atoms with Crippen LogP contribution in [0.25, 0.3) is 0 Å². The van der Waals surface area contributed by atoms with E-state index in [1.54, 1.807) is 0 Å². The van der Waals surface area contributed by atoms with Gasteiger partial charge in [0.1, 0.15) is 11.9 Å². The van der Waals surface area contributed by atoms with Crippen LogP contribution in [0.15, 0.2) is 18.2 Å². The molecular formula is C16H21FN2. The maximum absolute atomic E-state index is 13.4. The minimum atomic E-state index is -0.253. The first-order valence-electron chi connectivity index (χ1n) is 7.02. The lowest BCUT2D eigenvalue weighted by Gasteiger charge is -2.30. The van der Waals surface area contributed by atoms with Crippen LogP contribution in [0, 0.1) is 35.9 Å². The van der Waals surface area contributed by atoms with Crippen molar-refractivity contribution >= 4 is 5.69 Å². The molecule has 102 valence electrons.